The molecule has 0 fully saturated rings. The molecule has 1 aromatic carbocycles. The molecule has 0 heterocycles. The molecule has 0 amide bonds. The van der Waals surface area contributed by atoms with E-state index in [1.54, 1.807) is 12.1 Å². The minimum absolute atomic E-state index is 0.131. The van der Waals surface area contributed by atoms with E-state index in [-0.39, 0.29) is 5.41 Å². The molecule has 1 aromatic rings. The average molecular weight is 222 g/mol. The third kappa shape index (κ3) is 3.53. The minimum Gasteiger partial charge on any atom is -0.340 e. The Morgan fingerprint density at radius 2 is 1.50 bits per heavy atom. The van der Waals surface area contributed by atoms with Crippen molar-refractivity contribution in [2.45, 2.75) is 46.5 Å². The van der Waals surface area contributed by atoms with Crippen LogP contribution in [0, 0.1) is 5.41 Å². The van der Waals surface area contributed by atoms with Crippen molar-refractivity contribution in [2.75, 3.05) is 0 Å². The van der Waals surface area contributed by atoms with Gasteiger partial charge >= 0.3 is 0 Å². The van der Waals surface area contributed by atoms with Gasteiger partial charge in [0.2, 0.25) is 0 Å². The van der Waals surface area contributed by atoms with Gasteiger partial charge in [-0.2, -0.15) is 0 Å². The molecular formula is C14H22O2. The molecule has 0 saturated heterocycles. The molecule has 0 bridgehead atoms. The number of hydrogen-bond donors (Lipinski definition) is 1. The molecule has 0 unspecified atom stereocenters. The predicted octanol–water partition coefficient (Wildman–Crippen LogP) is 4.25. The molecule has 0 aliphatic heterocycles. The van der Waals surface area contributed by atoms with Gasteiger partial charge in [-0.25, -0.2) is 5.26 Å². The van der Waals surface area contributed by atoms with Gasteiger partial charge in [-0.05, 0) is 34.9 Å². The van der Waals surface area contributed by atoms with E-state index in [4.69, 9.17) is 5.26 Å². The summed E-state index contributed by atoms with van der Waals surface area (Å²) >= 11 is 0. The van der Waals surface area contributed by atoms with Gasteiger partial charge in [-0.3, -0.25) is 0 Å². The second-order valence-corrected chi connectivity index (χ2v) is 6.24. The van der Waals surface area contributed by atoms with Gasteiger partial charge in [-0.15, -0.1) is 0 Å². The lowest BCUT2D eigenvalue weighted by atomic mass is 9.72. The van der Waals surface area contributed by atoms with Crippen molar-refractivity contribution < 1.29 is 10.1 Å². The number of hydrogen-bond acceptors (Lipinski definition) is 2. The van der Waals surface area contributed by atoms with E-state index in [2.05, 4.69) is 39.5 Å². The van der Waals surface area contributed by atoms with Gasteiger partial charge in [0.1, 0.15) is 0 Å². The zero-order valence-electron chi connectivity index (χ0n) is 10.9. The predicted molar refractivity (Wildman–Crippen MR) is 66.8 cm³/mol. The SMILES string of the molecule is CC(C)(C)CC(C)(C)c1ccc(OO)cc1. The van der Waals surface area contributed by atoms with Crippen LogP contribution in [0.15, 0.2) is 24.3 Å². The molecule has 0 radical (unpaired) electrons. The van der Waals surface area contributed by atoms with Crippen molar-refractivity contribution in [3.8, 4) is 5.75 Å². The Balaban J connectivity index is 2.89. The summed E-state index contributed by atoms with van der Waals surface area (Å²) in [6.07, 6.45) is 1.11. The second kappa shape index (κ2) is 4.46. The maximum Gasteiger partial charge on any atom is 0.165 e. The molecule has 1 N–H and O–H groups in total. The Labute approximate surface area is 98.2 Å². The third-order valence-electron chi connectivity index (χ3n) is 2.71. The van der Waals surface area contributed by atoms with E-state index in [0.29, 0.717) is 11.2 Å². The van der Waals surface area contributed by atoms with Crippen molar-refractivity contribution in [1.82, 2.24) is 0 Å². The quantitative estimate of drug-likeness (QED) is 0.612. The molecule has 2 heteroatoms. The summed E-state index contributed by atoms with van der Waals surface area (Å²) in [5.74, 6) is 0.482. The number of benzene rings is 1. The van der Waals surface area contributed by atoms with Crippen molar-refractivity contribution >= 4 is 0 Å². The van der Waals surface area contributed by atoms with Crippen LogP contribution in [0.5, 0.6) is 5.75 Å². The van der Waals surface area contributed by atoms with Gasteiger partial charge in [0, 0.05) is 0 Å². The smallest absolute Gasteiger partial charge is 0.165 e. The van der Waals surface area contributed by atoms with Crippen LogP contribution in [0.2, 0.25) is 0 Å². The summed E-state index contributed by atoms with van der Waals surface area (Å²) in [7, 11) is 0. The average Bonchev–Trinajstić information content (AvgIpc) is 2.14. The molecule has 0 aliphatic rings. The molecule has 16 heavy (non-hydrogen) atoms. The van der Waals surface area contributed by atoms with E-state index < -0.39 is 0 Å². The zero-order chi connectivity index (χ0) is 12.4. The normalized spacial score (nSPS) is 12.6. The fourth-order valence-corrected chi connectivity index (χ4v) is 2.39. The molecule has 0 spiro atoms. The van der Waals surface area contributed by atoms with E-state index >= 15 is 0 Å². The maximum atomic E-state index is 8.52. The molecule has 0 saturated carbocycles. The molecule has 0 aliphatic carbocycles. The molecule has 0 aromatic heterocycles. The van der Waals surface area contributed by atoms with Crippen molar-refractivity contribution in [3.05, 3.63) is 29.8 Å². The van der Waals surface area contributed by atoms with Gasteiger partial charge in [0.25, 0.3) is 0 Å². The van der Waals surface area contributed by atoms with Gasteiger partial charge in [-0.1, -0.05) is 46.8 Å². The highest BCUT2D eigenvalue weighted by molar-refractivity contribution is 5.31. The molecule has 1 rings (SSSR count). The summed E-state index contributed by atoms with van der Waals surface area (Å²) in [6, 6.07) is 7.61. The first kappa shape index (κ1) is 13.0. The fraction of sp³-hybridized carbons (Fsp3) is 0.571. The standard InChI is InChI=1S/C14H22O2/c1-13(2,3)10-14(4,5)11-6-8-12(16-15)9-7-11/h6-9,15H,10H2,1-5H3. The second-order valence-electron chi connectivity index (χ2n) is 6.24. The molecule has 2 nitrogen and oxygen atoms in total. The van der Waals surface area contributed by atoms with Crippen molar-refractivity contribution in [1.29, 1.82) is 0 Å². The summed E-state index contributed by atoms with van der Waals surface area (Å²) in [5, 5.41) is 8.52. The Morgan fingerprint density at radius 1 is 1.00 bits per heavy atom. The van der Waals surface area contributed by atoms with Crippen LogP contribution in [-0.2, 0) is 5.41 Å². The highest BCUT2D eigenvalue weighted by Gasteiger charge is 2.27. The van der Waals surface area contributed by atoms with Crippen LogP contribution < -0.4 is 4.89 Å². The highest BCUT2D eigenvalue weighted by atomic mass is 17.1. The topological polar surface area (TPSA) is 29.5 Å². The lowest BCUT2D eigenvalue weighted by Crippen LogP contribution is -2.24. The van der Waals surface area contributed by atoms with Gasteiger partial charge in [0.15, 0.2) is 5.75 Å². The summed E-state index contributed by atoms with van der Waals surface area (Å²) < 4.78 is 0. The largest absolute Gasteiger partial charge is 0.340 e. The third-order valence-corrected chi connectivity index (χ3v) is 2.71. The lowest BCUT2D eigenvalue weighted by Gasteiger charge is -2.33. The zero-order valence-corrected chi connectivity index (χ0v) is 10.9. The van der Waals surface area contributed by atoms with Crippen molar-refractivity contribution in [2.24, 2.45) is 5.41 Å². The van der Waals surface area contributed by atoms with Crippen LogP contribution in [0.4, 0.5) is 0 Å². The summed E-state index contributed by atoms with van der Waals surface area (Å²) in [5.41, 5.74) is 1.70. The van der Waals surface area contributed by atoms with Crippen LogP contribution in [0.25, 0.3) is 0 Å². The molecular weight excluding hydrogens is 200 g/mol. The van der Waals surface area contributed by atoms with Gasteiger partial charge in [0.05, 0.1) is 0 Å². The van der Waals surface area contributed by atoms with Crippen LogP contribution in [-0.4, -0.2) is 5.26 Å². The Morgan fingerprint density at radius 3 is 1.88 bits per heavy atom. The van der Waals surface area contributed by atoms with E-state index in [9.17, 15) is 0 Å². The van der Waals surface area contributed by atoms with Crippen molar-refractivity contribution in [3.63, 3.8) is 0 Å². The molecule has 90 valence electrons. The fourth-order valence-electron chi connectivity index (χ4n) is 2.39. The first-order chi connectivity index (χ1) is 7.24. The maximum absolute atomic E-state index is 8.52. The van der Waals surface area contributed by atoms with E-state index in [0.717, 1.165) is 6.42 Å². The Bertz CT molecular complexity index is 331. The summed E-state index contributed by atoms with van der Waals surface area (Å²) in [4.78, 5) is 4.18. The monoisotopic (exact) mass is 222 g/mol. The minimum atomic E-state index is 0.131. The van der Waals surface area contributed by atoms with Crippen LogP contribution in [0.3, 0.4) is 0 Å². The van der Waals surface area contributed by atoms with E-state index in [1.165, 1.54) is 5.56 Å². The number of rotatable bonds is 3. The summed E-state index contributed by atoms with van der Waals surface area (Å²) in [6.45, 7) is 11.2. The highest BCUT2D eigenvalue weighted by Crippen LogP contribution is 2.36. The first-order valence-corrected chi connectivity index (χ1v) is 5.67. The Hall–Kier alpha value is -1.02. The van der Waals surface area contributed by atoms with E-state index in [1.807, 2.05) is 12.1 Å². The first-order valence-electron chi connectivity index (χ1n) is 5.67. The van der Waals surface area contributed by atoms with Crippen LogP contribution in [0.1, 0.15) is 46.6 Å². The van der Waals surface area contributed by atoms with Crippen LogP contribution >= 0.6 is 0 Å². The molecule has 0 atom stereocenters. The lowest BCUT2D eigenvalue weighted by molar-refractivity contribution is -0.137. The van der Waals surface area contributed by atoms with Gasteiger partial charge < -0.3 is 4.89 Å². The Kier molecular flexibility index (Phi) is 3.64.